The summed E-state index contributed by atoms with van der Waals surface area (Å²) in [5.41, 5.74) is 3.56. The highest BCUT2D eigenvalue weighted by atomic mass is 19.4. The molecule has 0 saturated heterocycles. The molecule has 0 unspecified atom stereocenters. The fraction of sp³-hybridized carbons (Fsp3) is 0.111. The maximum Gasteiger partial charge on any atom is 0.418 e. The molecule has 0 spiro atoms. The van der Waals surface area contributed by atoms with E-state index in [-0.39, 0.29) is 5.52 Å². The number of alkyl halides is 3. The van der Waals surface area contributed by atoms with Crippen molar-refractivity contribution in [3.8, 4) is 11.1 Å². The molecule has 0 bridgehead atoms. The van der Waals surface area contributed by atoms with Crippen LogP contribution in [0.5, 0.6) is 0 Å². The average molecular weight is 458 g/mol. The Labute approximate surface area is 194 Å². The molecule has 0 aliphatic carbocycles. The first kappa shape index (κ1) is 21.7. The summed E-state index contributed by atoms with van der Waals surface area (Å²) in [5.74, 6) is 0.791. The Morgan fingerprint density at radius 1 is 0.882 bits per heavy atom. The monoisotopic (exact) mass is 458 g/mol. The topological polar surface area (TPSA) is 53.6 Å². The van der Waals surface area contributed by atoms with E-state index >= 15 is 0 Å². The lowest BCUT2D eigenvalue weighted by Crippen LogP contribution is -2.07. The number of para-hydroxylation sites is 1. The van der Waals surface area contributed by atoms with Crippen LogP contribution in [-0.4, -0.2) is 15.0 Å². The van der Waals surface area contributed by atoms with Crippen LogP contribution in [0.3, 0.4) is 0 Å². The zero-order chi connectivity index (χ0) is 23.5. The number of rotatable bonds is 6. The van der Waals surface area contributed by atoms with Gasteiger partial charge in [0.05, 0.1) is 17.6 Å². The first-order valence-electron chi connectivity index (χ1n) is 10.8. The molecule has 0 saturated carbocycles. The molecule has 0 aliphatic heterocycles. The highest BCUT2D eigenvalue weighted by molar-refractivity contribution is 5.98. The summed E-state index contributed by atoms with van der Waals surface area (Å²) in [6, 6.07) is 21.8. The first-order valence-corrected chi connectivity index (χ1v) is 10.8. The van der Waals surface area contributed by atoms with Crippen LogP contribution in [0.1, 0.15) is 22.5 Å². The molecule has 0 amide bonds. The Balaban J connectivity index is 1.64. The summed E-state index contributed by atoms with van der Waals surface area (Å²) >= 11 is 0. The van der Waals surface area contributed by atoms with Crippen LogP contribution < -0.4 is 5.32 Å². The van der Waals surface area contributed by atoms with Crippen molar-refractivity contribution in [1.29, 1.82) is 0 Å². The van der Waals surface area contributed by atoms with E-state index in [0.717, 1.165) is 39.8 Å². The van der Waals surface area contributed by atoms with E-state index in [1.54, 1.807) is 24.7 Å². The number of imidazole rings is 1. The van der Waals surface area contributed by atoms with Crippen LogP contribution in [0.2, 0.25) is 0 Å². The van der Waals surface area contributed by atoms with Crippen molar-refractivity contribution in [2.24, 2.45) is 0 Å². The Morgan fingerprint density at radius 3 is 2.47 bits per heavy atom. The maximum absolute atomic E-state index is 13.7. The van der Waals surface area contributed by atoms with E-state index in [1.807, 2.05) is 54.6 Å². The molecule has 2 N–H and O–H groups in total. The van der Waals surface area contributed by atoms with Gasteiger partial charge in [0.2, 0.25) is 0 Å². The SMILES string of the molecule is FC(F)(F)c1cccc2c(-c3cccc(NCc4ncc[nH]4)c3)c(Cc3ccccc3)cnc12. The Hall–Kier alpha value is -4.13. The summed E-state index contributed by atoms with van der Waals surface area (Å²) in [5, 5.41) is 3.80. The Bertz CT molecular complexity index is 1410. The molecule has 3 aromatic carbocycles. The van der Waals surface area contributed by atoms with E-state index in [4.69, 9.17) is 0 Å². The normalized spacial score (nSPS) is 11.6. The minimum absolute atomic E-state index is 0.0456. The number of nitrogens with zero attached hydrogens (tertiary/aromatic N) is 2. The molecule has 5 aromatic rings. The molecule has 2 aromatic heterocycles. The van der Waals surface area contributed by atoms with Crippen molar-refractivity contribution in [3.05, 3.63) is 114 Å². The van der Waals surface area contributed by atoms with E-state index in [2.05, 4.69) is 20.3 Å². The number of benzene rings is 3. The lowest BCUT2D eigenvalue weighted by atomic mass is 9.91. The molecule has 0 radical (unpaired) electrons. The Morgan fingerprint density at radius 2 is 1.71 bits per heavy atom. The molecular formula is C27H21F3N4. The number of halogens is 3. The molecule has 5 rings (SSSR count). The second-order valence-corrected chi connectivity index (χ2v) is 7.99. The van der Waals surface area contributed by atoms with Gasteiger partial charge in [0.25, 0.3) is 0 Å². The van der Waals surface area contributed by atoms with Gasteiger partial charge in [0.1, 0.15) is 5.82 Å². The molecule has 0 aliphatic rings. The number of aromatic nitrogens is 3. The first-order chi connectivity index (χ1) is 16.5. The van der Waals surface area contributed by atoms with Crippen molar-refractivity contribution in [3.63, 3.8) is 0 Å². The summed E-state index contributed by atoms with van der Waals surface area (Å²) in [6.07, 6.45) is 1.08. The highest BCUT2D eigenvalue weighted by Gasteiger charge is 2.33. The number of hydrogen-bond donors (Lipinski definition) is 2. The van der Waals surface area contributed by atoms with Gasteiger partial charge in [-0.15, -0.1) is 0 Å². The van der Waals surface area contributed by atoms with Crippen LogP contribution in [0, 0.1) is 0 Å². The Kier molecular flexibility index (Phi) is 5.76. The molecule has 0 fully saturated rings. The van der Waals surface area contributed by atoms with Crippen molar-refractivity contribution in [2.45, 2.75) is 19.1 Å². The van der Waals surface area contributed by atoms with Crippen molar-refractivity contribution >= 4 is 16.6 Å². The number of H-pyrrole nitrogens is 1. The third-order valence-corrected chi connectivity index (χ3v) is 5.68. The molecule has 4 nitrogen and oxygen atoms in total. The van der Waals surface area contributed by atoms with Gasteiger partial charge < -0.3 is 10.3 Å². The molecule has 7 heteroatoms. The largest absolute Gasteiger partial charge is 0.418 e. The van der Waals surface area contributed by atoms with Crippen LogP contribution in [0.15, 0.2) is 91.4 Å². The zero-order valence-electron chi connectivity index (χ0n) is 18.1. The smallest absolute Gasteiger partial charge is 0.378 e. The lowest BCUT2D eigenvalue weighted by molar-refractivity contribution is -0.136. The summed E-state index contributed by atoms with van der Waals surface area (Å²) in [4.78, 5) is 11.5. The molecule has 34 heavy (non-hydrogen) atoms. The predicted molar refractivity (Wildman–Crippen MR) is 127 cm³/mol. The van der Waals surface area contributed by atoms with E-state index in [1.165, 1.54) is 6.07 Å². The van der Waals surface area contributed by atoms with Gasteiger partial charge in [-0.3, -0.25) is 4.98 Å². The predicted octanol–water partition coefficient (Wildman–Crippen LogP) is 6.85. The fourth-order valence-corrected chi connectivity index (χ4v) is 4.15. The number of nitrogens with one attached hydrogen (secondary N) is 2. The molecular weight excluding hydrogens is 437 g/mol. The van der Waals surface area contributed by atoms with Gasteiger partial charge in [-0.2, -0.15) is 13.2 Å². The van der Waals surface area contributed by atoms with Gasteiger partial charge in [-0.25, -0.2) is 4.98 Å². The van der Waals surface area contributed by atoms with Gasteiger partial charge in [0.15, 0.2) is 0 Å². The third-order valence-electron chi connectivity index (χ3n) is 5.68. The van der Waals surface area contributed by atoms with E-state index < -0.39 is 11.7 Å². The number of aromatic amines is 1. The van der Waals surface area contributed by atoms with Gasteiger partial charge in [0, 0.05) is 29.7 Å². The van der Waals surface area contributed by atoms with Crippen LogP contribution >= 0.6 is 0 Å². The molecule has 2 heterocycles. The van der Waals surface area contributed by atoms with Crippen LogP contribution in [0.25, 0.3) is 22.0 Å². The fourth-order valence-electron chi connectivity index (χ4n) is 4.15. The van der Waals surface area contributed by atoms with E-state index in [9.17, 15) is 13.2 Å². The number of fused-ring (bicyclic) bond motifs is 1. The molecule has 170 valence electrons. The van der Waals surface area contributed by atoms with Crippen molar-refractivity contribution in [2.75, 3.05) is 5.32 Å². The quantitative estimate of drug-likeness (QED) is 0.293. The van der Waals surface area contributed by atoms with Gasteiger partial charge in [-0.05, 0) is 46.9 Å². The number of hydrogen-bond acceptors (Lipinski definition) is 3. The lowest BCUT2D eigenvalue weighted by Gasteiger charge is -2.17. The maximum atomic E-state index is 13.7. The third kappa shape index (κ3) is 4.50. The summed E-state index contributed by atoms with van der Waals surface area (Å²) in [7, 11) is 0. The highest BCUT2D eigenvalue weighted by Crippen LogP contribution is 2.39. The second kappa shape index (κ2) is 9.02. The summed E-state index contributed by atoms with van der Waals surface area (Å²) < 4.78 is 41.2. The van der Waals surface area contributed by atoms with Gasteiger partial charge >= 0.3 is 6.18 Å². The van der Waals surface area contributed by atoms with Crippen molar-refractivity contribution in [1.82, 2.24) is 15.0 Å². The second-order valence-electron chi connectivity index (χ2n) is 7.99. The molecule has 0 atom stereocenters. The minimum Gasteiger partial charge on any atom is -0.378 e. The number of anilines is 1. The summed E-state index contributed by atoms with van der Waals surface area (Å²) in [6.45, 7) is 0.503. The standard InChI is InChI=1S/C27H21F3N4/c28-27(29,30)23-11-5-10-22-25(20(16-34-26(22)23)14-18-6-2-1-3-7-18)19-8-4-9-21(15-19)33-17-24-31-12-13-32-24/h1-13,15-16,33H,14,17H2,(H,31,32). The minimum atomic E-state index is -4.49. The number of pyridine rings is 1. The van der Waals surface area contributed by atoms with Crippen molar-refractivity contribution < 1.29 is 13.2 Å². The van der Waals surface area contributed by atoms with E-state index in [0.29, 0.717) is 18.4 Å². The average Bonchev–Trinajstić information content (AvgIpc) is 3.36. The van der Waals surface area contributed by atoms with Crippen LogP contribution in [-0.2, 0) is 19.1 Å². The van der Waals surface area contributed by atoms with Crippen LogP contribution in [0.4, 0.5) is 18.9 Å². The van der Waals surface area contributed by atoms with Gasteiger partial charge in [-0.1, -0.05) is 54.6 Å². The zero-order valence-corrected chi connectivity index (χ0v) is 18.1.